The summed E-state index contributed by atoms with van der Waals surface area (Å²) in [6.07, 6.45) is 6.78. The number of piperidine rings is 1. The largest absolute Gasteiger partial charge is 0.492 e. The van der Waals surface area contributed by atoms with E-state index in [1.54, 1.807) is 0 Å². The molecule has 1 fully saturated rings. The summed E-state index contributed by atoms with van der Waals surface area (Å²) in [7, 11) is 2.14. The summed E-state index contributed by atoms with van der Waals surface area (Å²) in [6, 6.07) is 23.5. The second-order valence-electron chi connectivity index (χ2n) is 13.4. The third-order valence-electron chi connectivity index (χ3n) is 9.42. The van der Waals surface area contributed by atoms with Crippen LogP contribution in [0.5, 0.6) is 23.0 Å². The fraction of sp³-hybridized carbons (Fsp3) is 0.488. The van der Waals surface area contributed by atoms with E-state index in [9.17, 15) is 9.59 Å². The van der Waals surface area contributed by atoms with E-state index in [2.05, 4.69) is 32.7 Å². The third-order valence-corrected chi connectivity index (χ3v) is 9.42. The zero-order chi connectivity index (χ0) is 37.1. The van der Waals surface area contributed by atoms with E-state index >= 15 is 0 Å². The first kappa shape index (κ1) is 40.3. The van der Waals surface area contributed by atoms with Crippen molar-refractivity contribution < 1.29 is 28.5 Å². The van der Waals surface area contributed by atoms with Gasteiger partial charge >= 0.3 is 0 Å². The molecule has 282 valence electrons. The Morgan fingerprint density at radius 3 is 2.15 bits per heavy atom. The molecule has 0 atom stereocenters. The Hall–Kier alpha value is -4.50. The number of unbranched alkanes of at least 4 members (excludes halogenated alkanes) is 1. The third kappa shape index (κ3) is 12.6. The highest BCUT2D eigenvalue weighted by atomic mass is 16.5. The number of rotatable bonds is 17. The summed E-state index contributed by atoms with van der Waals surface area (Å²) in [5, 5.41) is 0. The van der Waals surface area contributed by atoms with Crippen LogP contribution in [0.25, 0.3) is 11.1 Å². The Kier molecular flexibility index (Phi) is 16.9. The zero-order valence-corrected chi connectivity index (χ0v) is 32.0. The Bertz CT molecular complexity index is 1550. The number of allylic oxidation sites excluding steroid dienone is 1. The molecule has 3 aromatic carbocycles. The number of likely N-dealkylation sites (N-methyl/N-ethyl adjacent to an activating group) is 2. The molecule has 0 unspecified atom stereocenters. The minimum atomic E-state index is 0.00322. The van der Waals surface area contributed by atoms with Gasteiger partial charge in [0.05, 0.1) is 0 Å². The molecule has 0 bridgehead atoms. The summed E-state index contributed by atoms with van der Waals surface area (Å²) in [5.74, 6) is 3.06. The average molecular weight is 714 g/mol. The average Bonchev–Trinajstić information content (AvgIpc) is 3.18. The molecule has 9 nitrogen and oxygen atoms in total. The van der Waals surface area contributed by atoms with Crippen LogP contribution in [0, 0.1) is 0 Å². The van der Waals surface area contributed by atoms with Gasteiger partial charge in [0.2, 0.25) is 0 Å². The Morgan fingerprint density at radius 2 is 1.46 bits per heavy atom. The fourth-order valence-corrected chi connectivity index (χ4v) is 6.22. The van der Waals surface area contributed by atoms with Crippen LogP contribution in [0.15, 0.2) is 72.8 Å². The summed E-state index contributed by atoms with van der Waals surface area (Å²) in [5.41, 5.74) is 4.30. The number of para-hydroxylation sites is 1. The normalized spacial score (nSPS) is 13.8. The van der Waals surface area contributed by atoms with Crippen molar-refractivity contribution in [3.05, 3.63) is 83.9 Å². The van der Waals surface area contributed by atoms with E-state index < -0.39 is 0 Å². The lowest BCUT2D eigenvalue weighted by Crippen LogP contribution is -2.38. The molecular formula is C43H59N3O6. The van der Waals surface area contributed by atoms with Crippen LogP contribution in [0.4, 0.5) is 0 Å². The van der Waals surface area contributed by atoms with E-state index in [0.717, 1.165) is 92.4 Å². The van der Waals surface area contributed by atoms with Crippen molar-refractivity contribution in [1.29, 1.82) is 0 Å². The summed E-state index contributed by atoms with van der Waals surface area (Å²) >= 11 is 0. The van der Waals surface area contributed by atoms with Crippen molar-refractivity contribution in [1.82, 2.24) is 14.7 Å². The highest BCUT2D eigenvalue weighted by molar-refractivity contribution is 5.93. The molecule has 5 rings (SSSR count). The van der Waals surface area contributed by atoms with Gasteiger partial charge in [-0.05, 0) is 107 Å². The molecule has 0 aliphatic carbocycles. The number of likely N-dealkylation sites (tertiary alicyclic amines) is 1. The number of amides is 2. The van der Waals surface area contributed by atoms with Gasteiger partial charge in [-0.25, -0.2) is 0 Å². The number of ether oxygens (including phenoxy) is 4. The summed E-state index contributed by atoms with van der Waals surface area (Å²) in [6.45, 7) is 14.9. The first-order chi connectivity index (χ1) is 25.3. The van der Waals surface area contributed by atoms with Crippen molar-refractivity contribution in [2.45, 2.75) is 66.2 Å². The van der Waals surface area contributed by atoms with Crippen LogP contribution >= 0.6 is 0 Å². The zero-order valence-electron chi connectivity index (χ0n) is 32.0. The quantitative estimate of drug-likeness (QED) is 0.141. The number of hydrogen-bond acceptors (Lipinski definition) is 7. The van der Waals surface area contributed by atoms with E-state index in [1.165, 1.54) is 19.3 Å². The topological polar surface area (TPSA) is 80.8 Å². The number of fused-ring (bicyclic) bond motifs is 1. The maximum Gasteiger partial charge on any atom is 0.260 e. The monoisotopic (exact) mass is 713 g/mol. The van der Waals surface area contributed by atoms with Gasteiger partial charge in [0.25, 0.3) is 11.8 Å². The molecule has 0 spiro atoms. The first-order valence-electron chi connectivity index (χ1n) is 19.1. The maximum absolute atomic E-state index is 12.4. The Labute approximate surface area is 311 Å². The molecule has 0 saturated carbocycles. The van der Waals surface area contributed by atoms with Gasteiger partial charge < -0.3 is 33.6 Å². The fourth-order valence-electron chi connectivity index (χ4n) is 6.22. The van der Waals surface area contributed by atoms with Crippen LogP contribution in [0.1, 0.15) is 77.3 Å². The van der Waals surface area contributed by atoms with Crippen molar-refractivity contribution in [3.63, 3.8) is 0 Å². The lowest BCUT2D eigenvalue weighted by atomic mass is 9.93. The molecule has 1 saturated heterocycles. The van der Waals surface area contributed by atoms with Crippen LogP contribution in [0.2, 0.25) is 0 Å². The van der Waals surface area contributed by atoms with Gasteiger partial charge in [0.15, 0.2) is 13.2 Å². The first-order valence-corrected chi connectivity index (χ1v) is 19.1. The number of carbonyl (C=O) groups is 2. The van der Waals surface area contributed by atoms with Crippen LogP contribution in [-0.2, 0) is 9.59 Å². The minimum absolute atomic E-state index is 0.00322. The highest BCUT2D eigenvalue weighted by Gasteiger charge is 2.21. The number of benzene rings is 3. The van der Waals surface area contributed by atoms with E-state index in [0.29, 0.717) is 24.7 Å². The Balaban J connectivity index is 0.000000338. The number of carbonyl (C=O) groups excluding carboxylic acids is 2. The van der Waals surface area contributed by atoms with Crippen LogP contribution in [0.3, 0.4) is 0 Å². The van der Waals surface area contributed by atoms with Gasteiger partial charge in [-0.1, -0.05) is 50.6 Å². The van der Waals surface area contributed by atoms with Crippen molar-refractivity contribution >= 4 is 23.0 Å². The second kappa shape index (κ2) is 21.8. The van der Waals surface area contributed by atoms with Gasteiger partial charge in [0.1, 0.15) is 36.2 Å². The molecular weight excluding hydrogens is 654 g/mol. The molecule has 2 aliphatic rings. The minimum Gasteiger partial charge on any atom is -0.492 e. The molecule has 2 heterocycles. The predicted molar refractivity (Wildman–Crippen MR) is 209 cm³/mol. The molecule has 0 aromatic heterocycles. The van der Waals surface area contributed by atoms with Crippen molar-refractivity contribution in [3.8, 4) is 23.0 Å². The number of hydrogen-bond donors (Lipinski definition) is 0. The lowest BCUT2D eigenvalue weighted by molar-refractivity contribution is -0.134. The lowest BCUT2D eigenvalue weighted by Gasteiger charge is -2.27. The Morgan fingerprint density at radius 1 is 0.769 bits per heavy atom. The standard InChI is InChI=1S/C30H38N2O5.C13H21NO/c1-4-15-31(5-2)29(33)20-35-24-11-9-23(10-12-24)27-19-37-28-18-25(13-14-26(28)22(27)3)36-21-30(34)32-16-7-6-8-17-32;1-3-4-10-14(2)11-12-15-13-8-6-5-7-9-13/h9-14,18H,4-8,15-17,19-21H2,1-3H3;5-9H,3-4,10-12H2,1-2H3. The molecule has 2 aliphatic heterocycles. The molecule has 3 aromatic rings. The van der Waals surface area contributed by atoms with Gasteiger partial charge in [-0.2, -0.15) is 0 Å². The van der Waals surface area contributed by atoms with Gasteiger partial charge in [-0.15, -0.1) is 0 Å². The van der Waals surface area contributed by atoms with Crippen LogP contribution < -0.4 is 18.9 Å². The van der Waals surface area contributed by atoms with Crippen molar-refractivity contribution in [2.75, 3.05) is 72.7 Å². The SMILES string of the molecule is CCCCN(C)CCOc1ccccc1.CCCN(CC)C(=O)COc1ccc(C2=C(C)c3ccc(OCC(=O)N4CCCCC4)cc3OC2)cc1. The molecule has 52 heavy (non-hydrogen) atoms. The molecule has 0 N–H and O–H groups in total. The second-order valence-corrected chi connectivity index (χ2v) is 13.4. The van der Waals surface area contributed by atoms with E-state index in [1.807, 2.05) is 89.5 Å². The summed E-state index contributed by atoms with van der Waals surface area (Å²) in [4.78, 5) is 30.8. The smallest absolute Gasteiger partial charge is 0.260 e. The number of nitrogens with zero attached hydrogens (tertiary/aromatic N) is 3. The highest BCUT2D eigenvalue weighted by Crippen LogP contribution is 2.39. The van der Waals surface area contributed by atoms with E-state index in [-0.39, 0.29) is 25.0 Å². The van der Waals surface area contributed by atoms with Crippen molar-refractivity contribution in [2.24, 2.45) is 0 Å². The molecule has 0 radical (unpaired) electrons. The molecule has 9 heteroatoms. The van der Waals surface area contributed by atoms with Crippen LogP contribution in [-0.4, -0.2) is 99.3 Å². The summed E-state index contributed by atoms with van der Waals surface area (Å²) < 4.78 is 23.2. The molecule has 2 amide bonds. The predicted octanol–water partition coefficient (Wildman–Crippen LogP) is 7.84. The van der Waals surface area contributed by atoms with E-state index in [4.69, 9.17) is 18.9 Å². The maximum atomic E-state index is 12.4. The van der Waals surface area contributed by atoms with Gasteiger partial charge in [-0.3, -0.25) is 9.59 Å². The van der Waals surface area contributed by atoms with Gasteiger partial charge in [0, 0.05) is 49.9 Å².